The molecule has 162 valence electrons. The predicted octanol–water partition coefficient (Wildman–Crippen LogP) is 5.63. The highest BCUT2D eigenvalue weighted by Crippen LogP contribution is 2.30. The SMILES string of the molecule is CC1=CC=C(NS(=O)(=O)c2ccc(C(C)(C)C)cc2)N2CC=C(C(C)C)C=C2CC1. The van der Waals surface area contributed by atoms with Crippen LogP contribution >= 0.6 is 0 Å². The van der Waals surface area contributed by atoms with E-state index in [4.69, 9.17) is 0 Å². The zero-order chi connectivity index (χ0) is 22.1. The van der Waals surface area contributed by atoms with Gasteiger partial charge in [0.2, 0.25) is 0 Å². The molecule has 1 aromatic carbocycles. The molecule has 0 amide bonds. The summed E-state index contributed by atoms with van der Waals surface area (Å²) in [5, 5.41) is 0. The quantitative estimate of drug-likeness (QED) is 0.679. The summed E-state index contributed by atoms with van der Waals surface area (Å²) in [6.07, 6.45) is 10.2. The van der Waals surface area contributed by atoms with Gasteiger partial charge in [0, 0.05) is 12.2 Å². The number of fused-ring (bicyclic) bond motifs is 1. The van der Waals surface area contributed by atoms with Crippen molar-refractivity contribution in [3.8, 4) is 0 Å². The summed E-state index contributed by atoms with van der Waals surface area (Å²) in [7, 11) is -3.69. The fourth-order valence-corrected chi connectivity index (χ4v) is 4.71. The van der Waals surface area contributed by atoms with E-state index in [0.29, 0.717) is 18.3 Å². The number of allylic oxidation sites excluding steroid dienone is 6. The molecule has 0 aromatic heterocycles. The lowest BCUT2D eigenvalue weighted by molar-refractivity contribution is 0.420. The Morgan fingerprint density at radius 1 is 1.03 bits per heavy atom. The molecular formula is C25H34N2O2S. The van der Waals surface area contributed by atoms with Crippen molar-refractivity contribution >= 4 is 10.0 Å². The lowest BCUT2D eigenvalue weighted by Crippen LogP contribution is -2.37. The minimum atomic E-state index is -3.69. The maximum atomic E-state index is 13.2. The smallest absolute Gasteiger partial charge is 0.262 e. The molecule has 2 heterocycles. The van der Waals surface area contributed by atoms with Crippen molar-refractivity contribution in [3.05, 3.63) is 76.8 Å². The van der Waals surface area contributed by atoms with E-state index >= 15 is 0 Å². The first-order chi connectivity index (χ1) is 14.0. The highest BCUT2D eigenvalue weighted by atomic mass is 32.2. The highest BCUT2D eigenvalue weighted by molar-refractivity contribution is 7.89. The number of rotatable bonds is 4. The summed E-state index contributed by atoms with van der Waals surface area (Å²) in [5.41, 5.74) is 4.79. The van der Waals surface area contributed by atoms with Crippen molar-refractivity contribution in [1.82, 2.24) is 9.62 Å². The summed E-state index contributed by atoms with van der Waals surface area (Å²) in [6, 6.07) is 7.18. The van der Waals surface area contributed by atoms with Gasteiger partial charge in [0.05, 0.1) is 4.90 Å². The molecule has 30 heavy (non-hydrogen) atoms. The molecule has 0 radical (unpaired) electrons. The molecule has 2 aliphatic heterocycles. The Hall–Kier alpha value is -2.27. The molecule has 5 heteroatoms. The number of hydrogen-bond acceptors (Lipinski definition) is 3. The van der Waals surface area contributed by atoms with Crippen LogP contribution in [-0.2, 0) is 15.4 Å². The molecule has 1 N–H and O–H groups in total. The van der Waals surface area contributed by atoms with Gasteiger partial charge in [-0.15, -0.1) is 0 Å². The van der Waals surface area contributed by atoms with E-state index in [9.17, 15) is 8.42 Å². The van der Waals surface area contributed by atoms with Gasteiger partial charge in [0.25, 0.3) is 10.0 Å². The lowest BCUT2D eigenvalue weighted by Gasteiger charge is -2.34. The van der Waals surface area contributed by atoms with Crippen molar-refractivity contribution in [1.29, 1.82) is 0 Å². The Bertz CT molecular complexity index is 1020. The first-order valence-electron chi connectivity index (χ1n) is 10.7. The Labute approximate surface area is 182 Å². The number of nitrogens with one attached hydrogen (secondary N) is 1. The lowest BCUT2D eigenvalue weighted by atomic mass is 9.87. The fraction of sp³-hybridized carbons (Fsp3) is 0.440. The molecule has 4 nitrogen and oxygen atoms in total. The van der Waals surface area contributed by atoms with E-state index in [1.165, 1.54) is 11.1 Å². The van der Waals surface area contributed by atoms with E-state index in [1.54, 1.807) is 12.1 Å². The van der Waals surface area contributed by atoms with Crippen LogP contribution in [0.1, 0.15) is 59.9 Å². The molecular weight excluding hydrogens is 392 g/mol. The molecule has 0 unspecified atom stereocenters. The second kappa shape index (κ2) is 8.46. The van der Waals surface area contributed by atoms with Gasteiger partial charge >= 0.3 is 0 Å². The normalized spacial score (nSPS) is 17.9. The second-order valence-electron chi connectivity index (χ2n) is 9.55. The summed E-state index contributed by atoms with van der Waals surface area (Å²) in [5.74, 6) is 1.05. The minimum Gasteiger partial charge on any atom is -0.327 e. The van der Waals surface area contributed by atoms with E-state index in [1.807, 2.05) is 24.3 Å². The van der Waals surface area contributed by atoms with Gasteiger partial charge < -0.3 is 4.90 Å². The van der Waals surface area contributed by atoms with Gasteiger partial charge in [-0.05, 0) is 66.5 Å². The van der Waals surface area contributed by atoms with Gasteiger partial charge in [-0.3, -0.25) is 4.72 Å². The van der Waals surface area contributed by atoms with Crippen LogP contribution in [0.25, 0.3) is 0 Å². The third kappa shape index (κ3) is 5.07. The molecule has 0 saturated heterocycles. The van der Waals surface area contributed by atoms with Crippen molar-refractivity contribution in [2.45, 2.75) is 64.7 Å². The van der Waals surface area contributed by atoms with Crippen LogP contribution in [-0.4, -0.2) is 19.9 Å². The number of hydrogen-bond donors (Lipinski definition) is 1. The summed E-state index contributed by atoms with van der Waals surface area (Å²) < 4.78 is 29.2. The standard InChI is InChI=1S/C25H34N2O2S/c1-18(2)20-15-16-27-22(17-20)11-7-19(3)8-14-24(27)26-30(28,29)23-12-9-21(10-13-23)25(4,5)6/h8-10,12-15,17-18,26H,7,11,16H2,1-6H3. The van der Waals surface area contributed by atoms with Gasteiger partial charge in [-0.25, -0.2) is 8.42 Å². The summed E-state index contributed by atoms with van der Waals surface area (Å²) >= 11 is 0. The topological polar surface area (TPSA) is 49.4 Å². The van der Waals surface area contributed by atoms with Crippen molar-refractivity contribution in [2.75, 3.05) is 6.54 Å². The van der Waals surface area contributed by atoms with Gasteiger partial charge in [-0.1, -0.05) is 64.5 Å². The fourth-order valence-electron chi connectivity index (χ4n) is 3.65. The van der Waals surface area contributed by atoms with Crippen molar-refractivity contribution in [2.24, 2.45) is 5.92 Å². The van der Waals surface area contributed by atoms with Crippen LogP contribution < -0.4 is 4.72 Å². The Balaban J connectivity index is 1.92. The van der Waals surface area contributed by atoms with E-state index in [0.717, 1.165) is 24.1 Å². The van der Waals surface area contributed by atoms with Crippen LogP contribution in [0.15, 0.2) is 76.1 Å². The number of benzene rings is 1. The zero-order valence-corrected chi connectivity index (χ0v) is 19.8. The molecule has 0 spiro atoms. The zero-order valence-electron chi connectivity index (χ0n) is 19.0. The van der Waals surface area contributed by atoms with E-state index in [-0.39, 0.29) is 10.3 Å². The average molecular weight is 427 g/mol. The first-order valence-corrected chi connectivity index (χ1v) is 12.1. The van der Waals surface area contributed by atoms with Crippen LogP contribution in [0.2, 0.25) is 0 Å². The van der Waals surface area contributed by atoms with Gasteiger partial charge in [-0.2, -0.15) is 0 Å². The van der Waals surface area contributed by atoms with Crippen LogP contribution in [0.4, 0.5) is 0 Å². The Morgan fingerprint density at radius 2 is 1.70 bits per heavy atom. The van der Waals surface area contributed by atoms with Crippen LogP contribution in [0, 0.1) is 5.92 Å². The molecule has 0 saturated carbocycles. The molecule has 1 aromatic rings. The Kier molecular flexibility index (Phi) is 6.32. The molecule has 0 bridgehead atoms. The van der Waals surface area contributed by atoms with Gasteiger partial charge in [0.1, 0.15) is 5.82 Å². The molecule has 3 rings (SSSR count). The van der Waals surface area contributed by atoms with Crippen molar-refractivity contribution < 1.29 is 8.42 Å². The largest absolute Gasteiger partial charge is 0.327 e. The maximum absolute atomic E-state index is 13.2. The van der Waals surface area contributed by atoms with E-state index in [2.05, 4.69) is 63.3 Å². The van der Waals surface area contributed by atoms with Crippen molar-refractivity contribution in [3.63, 3.8) is 0 Å². The average Bonchev–Trinajstić information content (AvgIpc) is 2.67. The first kappa shape index (κ1) is 22.4. The predicted molar refractivity (Wildman–Crippen MR) is 124 cm³/mol. The van der Waals surface area contributed by atoms with Crippen LogP contribution in [0.3, 0.4) is 0 Å². The van der Waals surface area contributed by atoms with Gasteiger partial charge in [0.15, 0.2) is 0 Å². The monoisotopic (exact) mass is 426 g/mol. The van der Waals surface area contributed by atoms with E-state index < -0.39 is 10.0 Å². The molecule has 0 fully saturated rings. The molecule has 0 atom stereocenters. The molecule has 2 aliphatic rings. The van der Waals surface area contributed by atoms with Crippen LogP contribution in [0.5, 0.6) is 0 Å². The Morgan fingerprint density at radius 3 is 2.30 bits per heavy atom. The minimum absolute atomic E-state index is 0.0198. The highest BCUT2D eigenvalue weighted by Gasteiger charge is 2.25. The third-order valence-electron chi connectivity index (χ3n) is 5.72. The summed E-state index contributed by atoms with van der Waals surface area (Å²) in [6.45, 7) is 13.5. The number of nitrogens with zero attached hydrogens (tertiary/aromatic N) is 1. The summed E-state index contributed by atoms with van der Waals surface area (Å²) in [4.78, 5) is 2.36. The second-order valence-corrected chi connectivity index (χ2v) is 11.2. The third-order valence-corrected chi connectivity index (χ3v) is 7.09. The molecule has 0 aliphatic carbocycles. The maximum Gasteiger partial charge on any atom is 0.262 e. The number of sulfonamides is 1.